The molecule has 23 heavy (non-hydrogen) atoms. The number of benzene rings is 1. The second-order valence-electron chi connectivity index (χ2n) is 6.81. The monoisotopic (exact) mass is 338 g/mol. The molecular weight excluding hydrogens is 312 g/mol. The highest BCUT2D eigenvalue weighted by Crippen LogP contribution is 2.17. The summed E-state index contributed by atoms with van der Waals surface area (Å²) < 4.78 is 22.8. The maximum atomic E-state index is 12.1. The Labute approximate surface area is 139 Å². The molecule has 1 N–H and O–H groups in total. The Hall–Kier alpha value is -1.40. The molecule has 0 spiro atoms. The van der Waals surface area contributed by atoms with Crippen molar-refractivity contribution in [1.82, 2.24) is 10.2 Å². The zero-order chi connectivity index (χ0) is 17.0. The van der Waals surface area contributed by atoms with Gasteiger partial charge in [0.05, 0.1) is 4.90 Å². The van der Waals surface area contributed by atoms with E-state index in [4.69, 9.17) is 0 Å². The summed E-state index contributed by atoms with van der Waals surface area (Å²) in [6.45, 7) is 8.34. The van der Waals surface area contributed by atoms with E-state index in [2.05, 4.69) is 24.1 Å². The Morgan fingerprint density at radius 3 is 2.52 bits per heavy atom. The molecule has 1 fully saturated rings. The van der Waals surface area contributed by atoms with Gasteiger partial charge in [0.25, 0.3) is 5.91 Å². The van der Waals surface area contributed by atoms with Gasteiger partial charge in [0.15, 0.2) is 9.84 Å². The van der Waals surface area contributed by atoms with Crippen LogP contribution in [0.3, 0.4) is 0 Å². The van der Waals surface area contributed by atoms with Gasteiger partial charge < -0.3 is 10.2 Å². The lowest BCUT2D eigenvalue weighted by atomic mass is 10.1. The minimum atomic E-state index is -3.22. The van der Waals surface area contributed by atoms with E-state index in [1.54, 1.807) is 12.1 Å². The summed E-state index contributed by atoms with van der Waals surface area (Å²) in [5.74, 6) is 1.01. The van der Waals surface area contributed by atoms with E-state index in [1.165, 1.54) is 12.1 Å². The normalized spacial score (nSPS) is 19.2. The molecule has 0 bridgehead atoms. The zero-order valence-corrected chi connectivity index (χ0v) is 14.9. The van der Waals surface area contributed by atoms with E-state index in [1.807, 2.05) is 0 Å². The molecule has 1 aliphatic heterocycles. The molecule has 128 valence electrons. The summed E-state index contributed by atoms with van der Waals surface area (Å²) in [6.07, 6.45) is 2.27. The summed E-state index contributed by atoms with van der Waals surface area (Å²) >= 11 is 0. The minimum Gasteiger partial charge on any atom is -0.352 e. The van der Waals surface area contributed by atoms with Gasteiger partial charge in [-0.1, -0.05) is 13.8 Å². The molecule has 0 saturated carbocycles. The van der Waals surface area contributed by atoms with Crippen LogP contribution in [0.25, 0.3) is 0 Å². The van der Waals surface area contributed by atoms with Gasteiger partial charge in [0.2, 0.25) is 0 Å². The fourth-order valence-corrected chi connectivity index (χ4v) is 3.58. The molecule has 1 heterocycles. The highest BCUT2D eigenvalue weighted by Gasteiger charge is 2.23. The first kappa shape index (κ1) is 17.9. The Morgan fingerprint density at radius 1 is 1.30 bits per heavy atom. The number of amides is 1. The van der Waals surface area contributed by atoms with Crippen LogP contribution in [0.1, 0.15) is 30.6 Å². The number of rotatable bonds is 6. The first-order valence-electron chi connectivity index (χ1n) is 8.06. The fraction of sp³-hybridized carbons (Fsp3) is 0.588. The average molecular weight is 338 g/mol. The SMILES string of the molecule is CC(C)CN1CCC(CNC(=O)c2ccc(S(C)(=O)=O)cc2)C1. The Balaban J connectivity index is 1.84. The van der Waals surface area contributed by atoms with Gasteiger partial charge in [-0.2, -0.15) is 0 Å². The second-order valence-corrected chi connectivity index (χ2v) is 8.83. The van der Waals surface area contributed by atoms with E-state index in [-0.39, 0.29) is 10.8 Å². The van der Waals surface area contributed by atoms with E-state index in [0.717, 1.165) is 32.3 Å². The van der Waals surface area contributed by atoms with Crippen molar-refractivity contribution in [2.75, 3.05) is 32.4 Å². The predicted octanol–water partition coefficient (Wildman–Crippen LogP) is 1.80. The van der Waals surface area contributed by atoms with Crippen molar-refractivity contribution in [3.63, 3.8) is 0 Å². The molecule has 1 unspecified atom stereocenters. The van der Waals surface area contributed by atoms with Crippen LogP contribution in [-0.4, -0.2) is 51.7 Å². The highest BCUT2D eigenvalue weighted by molar-refractivity contribution is 7.90. The fourth-order valence-electron chi connectivity index (χ4n) is 2.95. The van der Waals surface area contributed by atoms with Gasteiger partial charge in [0.1, 0.15) is 0 Å². The summed E-state index contributed by atoms with van der Waals surface area (Å²) in [5, 5.41) is 2.96. The second kappa shape index (κ2) is 7.45. The Bertz CT molecular complexity index is 638. The molecule has 1 atom stereocenters. The lowest BCUT2D eigenvalue weighted by molar-refractivity contribution is 0.0947. The molecule has 1 aliphatic rings. The molecule has 2 rings (SSSR count). The van der Waals surface area contributed by atoms with Gasteiger partial charge in [0, 0.05) is 31.5 Å². The topological polar surface area (TPSA) is 66.5 Å². The van der Waals surface area contributed by atoms with Crippen molar-refractivity contribution in [2.45, 2.75) is 25.2 Å². The van der Waals surface area contributed by atoms with Crippen LogP contribution in [0.15, 0.2) is 29.2 Å². The molecular formula is C17H26N2O3S. The Morgan fingerprint density at radius 2 is 1.96 bits per heavy atom. The lowest BCUT2D eigenvalue weighted by Gasteiger charge is -2.18. The summed E-state index contributed by atoms with van der Waals surface area (Å²) in [6, 6.07) is 6.07. The number of nitrogens with zero attached hydrogens (tertiary/aromatic N) is 1. The molecule has 6 heteroatoms. The van der Waals surface area contributed by atoms with Gasteiger partial charge in [-0.05, 0) is 49.1 Å². The van der Waals surface area contributed by atoms with Crippen LogP contribution >= 0.6 is 0 Å². The average Bonchev–Trinajstić information content (AvgIpc) is 2.90. The van der Waals surface area contributed by atoms with Crippen molar-refractivity contribution < 1.29 is 13.2 Å². The molecule has 5 nitrogen and oxygen atoms in total. The largest absolute Gasteiger partial charge is 0.352 e. The van der Waals surface area contributed by atoms with E-state index >= 15 is 0 Å². The maximum absolute atomic E-state index is 12.1. The lowest BCUT2D eigenvalue weighted by Crippen LogP contribution is -2.31. The van der Waals surface area contributed by atoms with Crippen LogP contribution in [0, 0.1) is 11.8 Å². The van der Waals surface area contributed by atoms with Crippen molar-refractivity contribution in [2.24, 2.45) is 11.8 Å². The quantitative estimate of drug-likeness (QED) is 0.859. The van der Waals surface area contributed by atoms with Crippen LogP contribution in [-0.2, 0) is 9.84 Å². The minimum absolute atomic E-state index is 0.146. The number of nitrogens with one attached hydrogen (secondary N) is 1. The van der Waals surface area contributed by atoms with Gasteiger partial charge in [-0.3, -0.25) is 4.79 Å². The number of hydrogen-bond donors (Lipinski definition) is 1. The third-order valence-corrected chi connectivity index (χ3v) is 5.22. The molecule has 1 aromatic carbocycles. The van der Waals surface area contributed by atoms with Crippen LogP contribution in [0.5, 0.6) is 0 Å². The van der Waals surface area contributed by atoms with Crippen LogP contribution in [0.2, 0.25) is 0 Å². The highest BCUT2D eigenvalue weighted by atomic mass is 32.2. The smallest absolute Gasteiger partial charge is 0.251 e. The number of hydrogen-bond acceptors (Lipinski definition) is 4. The van der Waals surface area contributed by atoms with Gasteiger partial charge >= 0.3 is 0 Å². The number of sulfone groups is 1. The summed E-state index contributed by atoms with van der Waals surface area (Å²) in [5.41, 5.74) is 0.495. The third kappa shape index (κ3) is 5.32. The van der Waals surface area contributed by atoms with Crippen LogP contribution < -0.4 is 5.32 Å². The maximum Gasteiger partial charge on any atom is 0.251 e. The summed E-state index contributed by atoms with van der Waals surface area (Å²) in [4.78, 5) is 14.8. The van der Waals surface area contributed by atoms with Crippen molar-refractivity contribution >= 4 is 15.7 Å². The first-order chi connectivity index (χ1) is 10.8. The van der Waals surface area contributed by atoms with Crippen molar-refractivity contribution in [1.29, 1.82) is 0 Å². The van der Waals surface area contributed by atoms with Crippen molar-refractivity contribution in [3.05, 3.63) is 29.8 Å². The number of carbonyl (C=O) groups is 1. The third-order valence-electron chi connectivity index (χ3n) is 4.09. The predicted molar refractivity (Wildman–Crippen MR) is 91.3 cm³/mol. The first-order valence-corrected chi connectivity index (χ1v) is 9.95. The van der Waals surface area contributed by atoms with Gasteiger partial charge in [-0.25, -0.2) is 8.42 Å². The molecule has 0 radical (unpaired) electrons. The van der Waals surface area contributed by atoms with Crippen LogP contribution in [0.4, 0.5) is 0 Å². The molecule has 1 amide bonds. The Kier molecular flexibility index (Phi) is 5.81. The standard InChI is InChI=1S/C17H26N2O3S/c1-13(2)11-19-9-8-14(12-19)10-18-17(20)15-4-6-16(7-5-15)23(3,21)22/h4-7,13-14H,8-12H2,1-3H3,(H,18,20). The molecule has 0 aliphatic carbocycles. The van der Waals surface area contributed by atoms with E-state index < -0.39 is 9.84 Å². The number of likely N-dealkylation sites (tertiary alicyclic amines) is 1. The van der Waals surface area contributed by atoms with Crippen molar-refractivity contribution in [3.8, 4) is 0 Å². The zero-order valence-electron chi connectivity index (χ0n) is 14.1. The molecule has 1 aromatic rings. The molecule has 1 saturated heterocycles. The van der Waals surface area contributed by atoms with E-state index in [0.29, 0.717) is 23.9 Å². The number of carbonyl (C=O) groups excluding carboxylic acids is 1. The van der Waals surface area contributed by atoms with Gasteiger partial charge in [-0.15, -0.1) is 0 Å². The summed E-state index contributed by atoms with van der Waals surface area (Å²) in [7, 11) is -3.22. The molecule has 0 aromatic heterocycles. The van der Waals surface area contributed by atoms with E-state index in [9.17, 15) is 13.2 Å².